The number of pyridine rings is 1. The lowest BCUT2D eigenvalue weighted by atomic mass is 10.0. The van der Waals surface area contributed by atoms with Crippen molar-refractivity contribution in [3.63, 3.8) is 0 Å². The Morgan fingerprint density at radius 1 is 1.16 bits per heavy atom. The summed E-state index contributed by atoms with van der Waals surface area (Å²) in [5, 5.41) is 12.8. The molecule has 0 atom stereocenters. The topological polar surface area (TPSA) is 68.0 Å². The zero-order valence-corrected chi connectivity index (χ0v) is 12.7. The van der Waals surface area contributed by atoms with E-state index in [1.54, 1.807) is 18.2 Å². The van der Waals surface area contributed by atoms with Crippen LogP contribution in [0.1, 0.15) is 27.0 Å². The van der Waals surface area contributed by atoms with Crippen LogP contribution in [0.2, 0.25) is 0 Å². The highest BCUT2D eigenvalue weighted by molar-refractivity contribution is 5.86. The van der Waals surface area contributed by atoms with Gasteiger partial charge in [0, 0.05) is 12.4 Å². The van der Waals surface area contributed by atoms with Crippen molar-refractivity contribution >= 4 is 5.97 Å². The van der Waals surface area contributed by atoms with Gasteiger partial charge in [-0.25, -0.2) is 14.5 Å². The van der Waals surface area contributed by atoms with E-state index < -0.39 is 17.7 Å². The van der Waals surface area contributed by atoms with Gasteiger partial charge in [0.15, 0.2) is 5.82 Å². The molecule has 0 fully saturated rings. The number of carboxylic acids is 1. The molecule has 0 spiro atoms. The Morgan fingerprint density at radius 3 is 2.60 bits per heavy atom. The second-order valence-electron chi connectivity index (χ2n) is 5.38. The van der Waals surface area contributed by atoms with Crippen molar-refractivity contribution in [3.05, 3.63) is 77.2 Å². The first kappa shape index (κ1) is 16.7. The molecule has 0 aliphatic rings. The highest BCUT2D eigenvalue weighted by Gasteiger charge is 2.30. The fourth-order valence-corrected chi connectivity index (χ4v) is 2.35. The first-order chi connectivity index (χ1) is 11.8. The Balaban J connectivity index is 1.86. The van der Waals surface area contributed by atoms with E-state index in [4.69, 9.17) is 5.11 Å². The van der Waals surface area contributed by atoms with Crippen LogP contribution in [-0.4, -0.2) is 25.8 Å². The third kappa shape index (κ3) is 3.85. The van der Waals surface area contributed by atoms with Crippen molar-refractivity contribution in [1.29, 1.82) is 0 Å². The number of nitrogens with zero attached hydrogens (tertiary/aromatic N) is 3. The minimum absolute atomic E-state index is 0.0186. The van der Waals surface area contributed by atoms with E-state index in [1.165, 1.54) is 29.3 Å². The van der Waals surface area contributed by atoms with E-state index in [0.717, 1.165) is 17.7 Å². The predicted molar refractivity (Wildman–Crippen MR) is 82.6 cm³/mol. The molecule has 0 aliphatic carbocycles. The Kier molecular flexibility index (Phi) is 4.26. The summed E-state index contributed by atoms with van der Waals surface area (Å²) in [6.07, 6.45) is -0.0865. The van der Waals surface area contributed by atoms with Crippen LogP contribution in [0.3, 0.4) is 0 Å². The molecule has 0 radical (unpaired) electrons. The molecule has 0 amide bonds. The normalized spacial score (nSPS) is 11.5. The van der Waals surface area contributed by atoms with E-state index in [9.17, 15) is 18.0 Å². The number of aromatic carboxylic acids is 1. The number of alkyl halides is 3. The molecule has 128 valence electrons. The molecular formula is C17H12F3N3O2. The fourth-order valence-electron chi connectivity index (χ4n) is 2.35. The first-order valence-electron chi connectivity index (χ1n) is 7.22. The molecule has 0 unspecified atom stereocenters. The number of benzene rings is 1. The molecule has 0 saturated carbocycles. The molecule has 1 N–H and O–H groups in total. The lowest BCUT2D eigenvalue weighted by Crippen LogP contribution is -2.05. The van der Waals surface area contributed by atoms with E-state index in [1.807, 2.05) is 0 Å². The summed E-state index contributed by atoms with van der Waals surface area (Å²) in [4.78, 5) is 15.0. The van der Waals surface area contributed by atoms with Crippen molar-refractivity contribution in [2.45, 2.75) is 12.6 Å². The van der Waals surface area contributed by atoms with Crippen LogP contribution in [0.4, 0.5) is 13.2 Å². The summed E-state index contributed by atoms with van der Waals surface area (Å²) in [6.45, 7) is 0. The van der Waals surface area contributed by atoms with Gasteiger partial charge in [0.05, 0.1) is 17.3 Å². The zero-order valence-electron chi connectivity index (χ0n) is 12.7. The molecule has 8 heteroatoms. The van der Waals surface area contributed by atoms with Crippen molar-refractivity contribution in [2.24, 2.45) is 0 Å². The van der Waals surface area contributed by atoms with E-state index in [2.05, 4.69) is 10.1 Å². The molecule has 2 heterocycles. The highest BCUT2D eigenvalue weighted by Crippen LogP contribution is 2.30. The summed E-state index contributed by atoms with van der Waals surface area (Å²) < 4.78 is 39.7. The van der Waals surface area contributed by atoms with Crippen LogP contribution in [0, 0.1) is 0 Å². The van der Waals surface area contributed by atoms with Crippen LogP contribution in [-0.2, 0) is 12.6 Å². The standard InChI is InChI=1S/C17H12F3N3O2/c18-17(19,20)14-3-1-2-11(7-14)6-12-4-5-21-15(8-12)23-10-13(9-22-23)16(24)25/h1-5,7-10H,6H2,(H,24,25). The number of carboxylic acid groups (broad SMARTS) is 1. The van der Waals surface area contributed by atoms with Crippen molar-refractivity contribution in [2.75, 3.05) is 0 Å². The van der Waals surface area contributed by atoms with Gasteiger partial charge in [-0.15, -0.1) is 0 Å². The van der Waals surface area contributed by atoms with Crippen LogP contribution in [0.5, 0.6) is 0 Å². The number of halogens is 3. The predicted octanol–water partition coefficient (Wildman–Crippen LogP) is 3.58. The molecule has 0 bridgehead atoms. The second kappa shape index (κ2) is 6.39. The van der Waals surface area contributed by atoms with E-state index in [-0.39, 0.29) is 12.0 Å². The van der Waals surface area contributed by atoms with Crippen molar-refractivity contribution in [1.82, 2.24) is 14.8 Å². The first-order valence-corrected chi connectivity index (χ1v) is 7.22. The molecule has 3 aromatic rings. The van der Waals surface area contributed by atoms with Gasteiger partial charge in [0.1, 0.15) is 0 Å². The van der Waals surface area contributed by atoms with Gasteiger partial charge in [-0.2, -0.15) is 18.3 Å². The Morgan fingerprint density at radius 2 is 1.92 bits per heavy atom. The van der Waals surface area contributed by atoms with E-state index in [0.29, 0.717) is 11.4 Å². The maximum atomic E-state index is 12.8. The quantitative estimate of drug-likeness (QED) is 0.783. The molecule has 25 heavy (non-hydrogen) atoms. The lowest BCUT2D eigenvalue weighted by Gasteiger charge is -2.09. The van der Waals surface area contributed by atoms with Crippen molar-refractivity contribution < 1.29 is 23.1 Å². The minimum atomic E-state index is -4.39. The largest absolute Gasteiger partial charge is 0.478 e. The highest BCUT2D eigenvalue weighted by atomic mass is 19.4. The van der Waals surface area contributed by atoms with Crippen LogP contribution in [0.25, 0.3) is 5.82 Å². The Bertz CT molecular complexity index is 919. The summed E-state index contributed by atoms with van der Waals surface area (Å²) in [5.41, 5.74) is 0.568. The number of hydrogen-bond donors (Lipinski definition) is 1. The summed E-state index contributed by atoms with van der Waals surface area (Å²) in [7, 11) is 0. The van der Waals surface area contributed by atoms with E-state index >= 15 is 0 Å². The van der Waals surface area contributed by atoms with Gasteiger partial charge >= 0.3 is 12.1 Å². The average molecular weight is 347 g/mol. The molecule has 0 aliphatic heterocycles. The van der Waals surface area contributed by atoms with Crippen LogP contribution < -0.4 is 0 Å². The number of aromatic nitrogens is 3. The lowest BCUT2D eigenvalue weighted by molar-refractivity contribution is -0.137. The number of carbonyl (C=O) groups is 1. The summed E-state index contributed by atoms with van der Waals surface area (Å²) >= 11 is 0. The Hall–Kier alpha value is -3.16. The minimum Gasteiger partial charge on any atom is -0.478 e. The molecule has 5 nitrogen and oxygen atoms in total. The van der Waals surface area contributed by atoms with Gasteiger partial charge in [-0.1, -0.05) is 18.2 Å². The average Bonchev–Trinajstić information content (AvgIpc) is 3.05. The zero-order chi connectivity index (χ0) is 18.0. The molecule has 2 aromatic heterocycles. The molecule has 1 aromatic carbocycles. The number of rotatable bonds is 4. The number of hydrogen-bond acceptors (Lipinski definition) is 3. The summed E-state index contributed by atoms with van der Waals surface area (Å²) in [5.74, 6) is -0.719. The summed E-state index contributed by atoms with van der Waals surface area (Å²) in [6, 6.07) is 8.46. The monoisotopic (exact) mass is 347 g/mol. The SMILES string of the molecule is O=C(O)c1cnn(-c2cc(Cc3cccc(C(F)(F)F)c3)ccn2)c1. The second-order valence-corrected chi connectivity index (χ2v) is 5.38. The maximum absolute atomic E-state index is 12.8. The third-order valence-corrected chi connectivity index (χ3v) is 3.54. The smallest absolute Gasteiger partial charge is 0.416 e. The van der Waals surface area contributed by atoms with Crippen LogP contribution >= 0.6 is 0 Å². The molecular weight excluding hydrogens is 335 g/mol. The van der Waals surface area contributed by atoms with Crippen LogP contribution in [0.15, 0.2) is 55.0 Å². The maximum Gasteiger partial charge on any atom is 0.416 e. The third-order valence-electron chi connectivity index (χ3n) is 3.54. The van der Waals surface area contributed by atoms with Gasteiger partial charge in [-0.3, -0.25) is 0 Å². The fraction of sp³-hybridized carbons (Fsp3) is 0.118. The van der Waals surface area contributed by atoms with Gasteiger partial charge in [0.25, 0.3) is 0 Å². The van der Waals surface area contributed by atoms with Gasteiger partial charge in [-0.05, 0) is 35.7 Å². The Labute approximate surface area is 140 Å². The molecule has 0 saturated heterocycles. The van der Waals surface area contributed by atoms with Crippen molar-refractivity contribution in [3.8, 4) is 5.82 Å². The van der Waals surface area contributed by atoms with Gasteiger partial charge < -0.3 is 5.11 Å². The molecule has 3 rings (SSSR count). The van der Waals surface area contributed by atoms with Gasteiger partial charge in [0.2, 0.25) is 0 Å².